The Hall–Kier alpha value is -2.13. The zero-order valence-electron chi connectivity index (χ0n) is 10.8. The minimum atomic E-state index is 0.548. The number of anilines is 2. The van der Waals surface area contributed by atoms with Gasteiger partial charge in [-0.15, -0.1) is 11.8 Å². The van der Waals surface area contributed by atoms with Crippen molar-refractivity contribution >= 4 is 23.3 Å². The molecule has 0 fully saturated rings. The molecule has 1 aromatic carbocycles. The summed E-state index contributed by atoms with van der Waals surface area (Å²) in [6.45, 7) is 0.548. The first-order valence-electron chi connectivity index (χ1n) is 5.74. The van der Waals surface area contributed by atoms with Crippen LogP contribution in [0.1, 0.15) is 11.1 Å². The highest BCUT2D eigenvalue weighted by Crippen LogP contribution is 2.26. The second kappa shape index (κ2) is 5.67. The highest BCUT2D eigenvalue weighted by atomic mass is 32.2. The van der Waals surface area contributed by atoms with E-state index < -0.39 is 0 Å². The summed E-state index contributed by atoms with van der Waals surface area (Å²) in [5.74, 6) is 0.632. The van der Waals surface area contributed by atoms with Crippen LogP contribution in [-0.4, -0.2) is 16.0 Å². The number of benzene rings is 1. The van der Waals surface area contributed by atoms with Crippen LogP contribution < -0.4 is 11.1 Å². The standard InChI is InChI=1S/C13H15N5S/c1-18-13(15)9(8-17-18)7-16-11-4-3-5-12(19-2)10(11)6-14/h3-5,8,16H,7,15H2,1-2H3. The van der Waals surface area contributed by atoms with E-state index in [9.17, 15) is 5.26 Å². The maximum atomic E-state index is 9.24. The molecule has 0 radical (unpaired) electrons. The molecule has 0 aliphatic rings. The summed E-state index contributed by atoms with van der Waals surface area (Å²) in [5, 5.41) is 16.6. The van der Waals surface area contributed by atoms with E-state index >= 15 is 0 Å². The average Bonchev–Trinajstić information content (AvgIpc) is 2.76. The van der Waals surface area contributed by atoms with Crippen molar-refractivity contribution in [2.45, 2.75) is 11.4 Å². The van der Waals surface area contributed by atoms with Crippen LogP contribution in [0, 0.1) is 11.3 Å². The molecule has 98 valence electrons. The smallest absolute Gasteiger partial charge is 0.126 e. The number of nitrogens with zero attached hydrogens (tertiary/aromatic N) is 3. The van der Waals surface area contributed by atoms with Gasteiger partial charge in [-0.3, -0.25) is 4.68 Å². The number of nitrogens with one attached hydrogen (secondary N) is 1. The number of aromatic nitrogens is 2. The number of thioether (sulfide) groups is 1. The van der Waals surface area contributed by atoms with Gasteiger partial charge in [-0.1, -0.05) is 6.07 Å². The molecule has 3 N–H and O–H groups in total. The molecular formula is C13H15N5S. The largest absolute Gasteiger partial charge is 0.384 e. The zero-order valence-corrected chi connectivity index (χ0v) is 11.7. The Bertz CT molecular complexity index is 626. The Labute approximate surface area is 116 Å². The van der Waals surface area contributed by atoms with Crippen LogP contribution in [0.5, 0.6) is 0 Å². The summed E-state index contributed by atoms with van der Waals surface area (Å²) < 4.78 is 1.63. The van der Waals surface area contributed by atoms with Crippen molar-refractivity contribution in [2.24, 2.45) is 7.05 Å². The first-order chi connectivity index (χ1) is 9.17. The maximum Gasteiger partial charge on any atom is 0.126 e. The summed E-state index contributed by atoms with van der Waals surface area (Å²) in [5.41, 5.74) is 8.28. The lowest BCUT2D eigenvalue weighted by Crippen LogP contribution is -2.05. The molecule has 1 aromatic heterocycles. The minimum absolute atomic E-state index is 0.548. The Kier molecular flexibility index (Phi) is 3.97. The van der Waals surface area contributed by atoms with Crippen molar-refractivity contribution in [3.63, 3.8) is 0 Å². The van der Waals surface area contributed by atoms with Crippen LogP contribution >= 0.6 is 11.8 Å². The molecule has 1 heterocycles. The van der Waals surface area contributed by atoms with E-state index in [-0.39, 0.29) is 0 Å². The number of nitriles is 1. The molecule has 0 amide bonds. The van der Waals surface area contributed by atoms with Crippen LogP contribution in [-0.2, 0) is 13.6 Å². The molecule has 6 heteroatoms. The van der Waals surface area contributed by atoms with Gasteiger partial charge in [-0.05, 0) is 18.4 Å². The van der Waals surface area contributed by atoms with E-state index in [0.717, 1.165) is 16.1 Å². The fraction of sp³-hybridized carbons (Fsp3) is 0.231. The number of hydrogen-bond donors (Lipinski definition) is 2. The summed E-state index contributed by atoms with van der Waals surface area (Å²) in [7, 11) is 1.80. The Morgan fingerprint density at radius 3 is 2.89 bits per heavy atom. The zero-order chi connectivity index (χ0) is 13.8. The van der Waals surface area contributed by atoms with E-state index in [0.29, 0.717) is 17.9 Å². The summed E-state index contributed by atoms with van der Waals surface area (Å²) >= 11 is 1.56. The summed E-state index contributed by atoms with van der Waals surface area (Å²) in [6.07, 6.45) is 3.69. The van der Waals surface area contributed by atoms with Gasteiger partial charge >= 0.3 is 0 Å². The molecule has 2 aromatic rings. The number of nitrogen functional groups attached to an aromatic ring is 1. The van der Waals surface area contributed by atoms with Crippen molar-refractivity contribution in [3.05, 3.63) is 35.5 Å². The molecule has 0 saturated heterocycles. The first-order valence-corrected chi connectivity index (χ1v) is 6.97. The molecule has 0 atom stereocenters. The average molecular weight is 273 g/mol. The minimum Gasteiger partial charge on any atom is -0.384 e. The number of aryl methyl sites for hydroxylation is 1. The fourth-order valence-corrected chi connectivity index (χ4v) is 2.36. The highest BCUT2D eigenvalue weighted by Gasteiger charge is 2.09. The third-order valence-electron chi connectivity index (χ3n) is 2.89. The fourth-order valence-electron chi connectivity index (χ4n) is 1.78. The second-order valence-corrected chi connectivity index (χ2v) is 4.87. The van der Waals surface area contributed by atoms with Crippen LogP contribution in [0.15, 0.2) is 29.3 Å². The molecule has 0 unspecified atom stereocenters. The molecular weight excluding hydrogens is 258 g/mol. The monoisotopic (exact) mass is 273 g/mol. The number of hydrogen-bond acceptors (Lipinski definition) is 5. The third-order valence-corrected chi connectivity index (χ3v) is 3.67. The van der Waals surface area contributed by atoms with Gasteiger partial charge in [0.05, 0.1) is 17.4 Å². The Morgan fingerprint density at radius 2 is 2.32 bits per heavy atom. The highest BCUT2D eigenvalue weighted by molar-refractivity contribution is 7.98. The lowest BCUT2D eigenvalue weighted by atomic mass is 10.2. The van der Waals surface area contributed by atoms with Gasteiger partial charge in [-0.2, -0.15) is 10.4 Å². The maximum absolute atomic E-state index is 9.24. The van der Waals surface area contributed by atoms with Crippen LogP contribution in [0.4, 0.5) is 11.5 Å². The van der Waals surface area contributed by atoms with Gasteiger partial charge in [-0.25, -0.2) is 0 Å². The number of nitrogens with two attached hydrogens (primary N) is 1. The lowest BCUT2D eigenvalue weighted by Gasteiger charge is -2.10. The topological polar surface area (TPSA) is 79.7 Å². The van der Waals surface area contributed by atoms with E-state index in [2.05, 4.69) is 16.5 Å². The molecule has 0 saturated carbocycles. The molecule has 19 heavy (non-hydrogen) atoms. The lowest BCUT2D eigenvalue weighted by molar-refractivity contribution is 0.778. The van der Waals surface area contributed by atoms with Gasteiger partial charge in [0.25, 0.3) is 0 Å². The van der Waals surface area contributed by atoms with E-state index in [1.54, 1.807) is 29.7 Å². The van der Waals surface area contributed by atoms with Gasteiger partial charge in [0.2, 0.25) is 0 Å². The van der Waals surface area contributed by atoms with E-state index in [1.165, 1.54) is 0 Å². The molecule has 5 nitrogen and oxygen atoms in total. The van der Waals surface area contributed by atoms with E-state index in [4.69, 9.17) is 5.73 Å². The van der Waals surface area contributed by atoms with E-state index in [1.807, 2.05) is 24.5 Å². The molecule has 0 spiro atoms. The molecule has 2 rings (SSSR count). The first kappa shape index (κ1) is 13.3. The van der Waals surface area contributed by atoms with Crippen molar-refractivity contribution in [3.8, 4) is 6.07 Å². The Balaban J connectivity index is 2.21. The SMILES string of the molecule is CSc1cccc(NCc2cnn(C)c2N)c1C#N. The van der Waals surface area contributed by atoms with Crippen LogP contribution in [0.3, 0.4) is 0 Å². The second-order valence-electron chi connectivity index (χ2n) is 4.03. The molecule has 0 aliphatic heterocycles. The number of rotatable bonds is 4. The quantitative estimate of drug-likeness (QED) is 0.835. The molecule has 0 aliphatic carbocycles. The normalized spacial score (nSPS) is 10.2. The van der Waals surface area contributed by atoms with Crippen LogP contribution in [0.25, 0.3) is 0 Å². The van der Waals surface area contributed by atoms with Crippen molar-refractivity contribution in [2.75, 3.05) is 17.3 Å². The van der Waals surface area contributed by atoms with Crippen molar-refractivity contribution < 1.29 is 0 Å². The van der Waals surface area contributed by atoms with Crippen molar-refractivity contribution in [1.29, 1.82) is 5.26 Å². The predicted octanol–water partition coefficient (Wildman–Crippen LogP) is 2.21. The van der Waals surface area contributed by atoms with Gasteiger partial charge in [0.15, 0.2) is 0 Å². The summed E-state index contributed by atoms with van der Waals surface area (Å²) in [6, 6.07) is 8.00. The predicted molar refractivity (Wildman–Crippen MR) is 77.9 cm³/mol. The summed E-state index contributed by atoms with van der Waals surface area (Å²) in [4.78, 5) is 0.964. The van der Waals surface area contributed by atoms with Crippen molar-refractivity contribution in [1.82, 2.24) is 9.78 Å². The third kappa shape index (κ3) is 2.66. The Morgan fingerprint density at radius 1 is 1.53 bits per heavy atom. The van der Waals surface area contributed by atoms with Gasteiger partial charge < -0.3 is 11.1 Å². The van der Waals surface area contributed by atoms with Gasteiger partial charge in [0, 0.05) is 24.1 Å². The van der Waals surface area contributed by atoms with Crippen LogP contribution in [0.2, 0.25) is 0 Å². The van der Waals surface area contributed by atoms with Gasteiger partial charge in [0.1, 0.15) is 11.9 Å². The molecule has 0 bridgehead atoms.